The molecule has 0 aromatic carbocycles. The lowest BCUT2D eigenvalue weighted by molar-refractivity contribution is 0.0697. The average molecular weight is 205 g/mol. The van der Waals surface area contributed by atoms with Crippen molar-refractivity contribution in [3.05, 3.63) is 40.5 Å². The van der Waals surface area contributed by atoms with Crippen molar-refractivity contribution in [2.45, 2.75) is 0 Å². The SMILES string of the molecule is C=Cc1cc(=O)c(C(=O)O)c2nc[nH]n12. The predicted molar refractivity (Wildman–Crippen MR) is 52.9 cm³/mol. The minimum absolute atomic E-state index is 0.0879. The minimum atomic E-state index is -1.29. The highest BCUT2D eigenvalue weighted by Crippen LogP contribution is 2.07. The highest BCUT2D eigenvalue weighted by Gasteiger charge is 2.16. The summed E-state index contributed by atoms with van der Waals surface area (Å²) < 4.78 is 1.39. The van der Waals surface area contributed by atoms with E-state index >= 15 is 0 Å². The normalized spacial score (nSPS) is 10.4. The highest BCUT2D eigenvalue weighted by molar-refractivity contribution is 5.94. The fourth-order valence-electron chi connectivity index (χ4n) is 1.37. The molecule has 0 amide bonds. The number of hydrogen-bond acceptors (Lipinski definition) is 3. The Bertz CT molecular complexity index is 609. The van der Waals surface area contributed by atoms with Gasteiger partial charge in [-0.3, -0.25) is 9.89 Å². The molecular weight excluding hydrogens is 198 g/mol. The van der Waals surface area contributed by atoms with E-state index in [0.717, 1.165) is 0 Å². The number of nitrogens with one attached hydrogen (secondary N) is 1. The molecule has 15 heavy (non-hydrogen) atoms. The molecule has 6 nitrogen and oxygen atoms in total. The van der Waals surface area contributed by atoms with Gasteiger partial charge in [-0.1, -0.05) is 6.58 Å². The van der Waals surface area contributed by atoms with Crippen LogP contribution < -0.4 is 5.43 Å². The zero-order valence-electron chi connectivity index (χ0n) is 7.60. The minimum Gasteiger partial charge on any atom is -0.477 e. The first kappa shape index (κ1) is 9.20. The summed E-state index contributed by atoms with van der Waals surface area (Å²) in [4.78, 5) is 26.1. The Morgan fingerprint density at radius 1 is 1.67 bits per heavy atom. The van der Waals surface area contributed by atoms with Gasteiger partial charge >= 0.3 is 5.97 Å². The second kappa shape index (κ2) is 3.09. The van der Waals surface area contributed by atoms with Crippen LogP contribution in [0.2, 0.25) is 0 Å². The molecule has 0 aliphatic carbocycles. The molecule has 0 radical (unpaired) electrons. The zero-order valence-corrected chi connectivity index (χ0v) is 7.60. The van der Waals surface area contributed by atoms with Crippen molar-refractivity contribution in [3.63, 3.8) is 0 Å². The van der Waals surface area contributed by atoms with Crippen molar-refractivity contribution in [1.82, 2.24) is 14.6 Å². The second-order valence-corrected chi connectivity index (χ2v) is 2.86. The lowest BCUT2D eigenvalue weighted by Crippen LogP contribution is -2.17. The quantitative estimate of drug-likeness (QED) is 0.741. The fraction of sp³-hybridized carbons (Fsp3) is 0. The summed E-state index contributed by atoms with van der Waals surface area (Å²) in [6.07, 6.45) is 2.76. The molecule has 0 saturated carbocycles. The third-order valence-electron chi connectivity index (χ3n) is 2.02. The molecule has 0 aliphatic heterocycles. The molecule has 6 heteroatoms. The van der Waals surface area contributed by atoms with Gasteiger partial charge < -0.3 is 5.11 Å². The van der Waals surface area contributed by atoms with Crippen molar-refractivity contribution in [1.29, 1.82) is 0 Å². The first-order valence-electron chi connectivity index (χ1n) is 4.10. The van der Waals surface area contributed by atoms with Crippen molar-refractivity contribution in [2.24, 2.45) is 0 Å². The first-order chi connectivity index (χ1) is 7.15. The summed E-state index contributed by atoms with van der Waals surface area (Å²) in [5, 5.41) is 11.5. The predicted octanol–water partition coefficient (Wildman–Crippen LogP) is 0.364. The van der Waals surface area contributed by atoms with Gasteiger partial charge in [0.25, 0.3) is 0 Å². The number of nitrogens with zero attached hydrogens (tertiary/aromatic N) is 2. The van der Waals surface area contributed by atoms with Crippen LogP contribution in [0.15, 0.2) is 23.8 Å². The molecule has 76 valence electrons. The number of aromatic carboxylic acids is 1. The maximum Gasteiger partial charge on any atom is 0.343 e. The summed E-state index contributed by atoms with van der Waals surface area (Å²) in [6, 6.07) is 1.20. The molecule has 0 unspecified atom stereocenters. The van der Waals surface area contributed by atoms with E-state index in [9.17, 15) is 9.59 Å². The lowest BCUT2D eigenvalue weighted by Gasteiger charge is -2.00. The molecule has 0 saturated heterocycles. The number of carboxylic acid groups (broad SMARTS) is 1. The maximum absolute atomic E-state index is 11.5. The first-order valence-corrected chi connectivity index (χ1v) is 4.10. The number of rotatable bonds is 2. The molecular formula is C9H7N3O3. The molecule has 0 atom stereocenters. The number of aromatic nitrogens is 3. The van der Waals surface area contributed by atoms with E-state index in [-0.39, 0.29) is 11.2 Å². The third-order valence-corrected chi connectivity index (χ3v) is 2.02. The zero-order chi connectivity index (χ0) is 11.0. The van der Waals surface area contributed by atoms with Gasteiger partial charge in [0, 0.05) is 6.07 Å². The van der Waals surface area contributed by atoms with Crippen LogP contribution in [0.1, 0.15) is 16.1 Å². The van der Waals surface area contributed by atoms with Gasteiger partial charge in [-0.05, 0) is 6.08 Å². The van der Waals surface area contributed by atoms with Gasteiger partial charge in [-0.15, -0.1) is 0 Å². The Hall–Kier alpha value is -2.37. The second-order valence-electron chi connectivity index (χ2n) is 2.86. The largest absolute Gasteiger partial charge is 0.477 e. The Labute approximate surface area is 83.5 Å². The van der Waals surface area contributed by atoms with E-state index < -0.39 is 11.4 Å². The Morgan fingerprint density at radius 2 is 2.40 bits per heavy atom. The van der Waals surface area contributed by atoms with Crippen LogP contribution in [-0.2, 0) is 0 Å². The highest BCUT2D eigenvalue weighted by atomic mass is 16.4. The number of carbonyl (C=O) groups is 1. The molecule has 2 N–H and O–H groups in total. The Morgan fingerprint density at radius 3 is 3.00 bits per heavy atom. The number of fused-ring (bicyclic) bond motifs is 1. The van der Waals surface area contributed by atoms with Crippen LogP contribution in [0.25, 0.3) is 11.7 Å². The van der Waals surface area contributed by atoms with Crippen molar-refractivity contribution < 1.29 is 9.90 Å². The number of hydrogen-bond donors (Lipinski definition) is 2. The van der Waals surface area contributed by atoms with Gasteiger partial charge in [-0.25, -0.2) is 14.3 Å². The van der Waals surface area contributed by atoms with E-state index in [2.05, 4.69) is 16.7 Å². The summed E-state index contributed by atoms with van der Waals surface area (Å²) in [5.74, 6) is -1.29. The average Bonchev–Trinajstić information content (AvgIpc) is 2.63. The van der Waals surface area contributed by atoms with Gasteiger partial charge in [0.15, 0.2) is 16.6 Å². The maximum atomic E-state index is 11.5. The van der Waals surface area contributed by atoms with E-state index in [1.165, 1.54) is 23.0 Å². The molecule has 0 aliphatic rings. The smallest absolute Gasteiger partial charge is 0.343 e. The topological polar surface area (TPSA) is 87.5 Å². The Kier molecular flexibility index (Phi) is 1.89. The van der Waals surface area contributed by atoms with E-state index in [4.69, 9.17) is 5.11 Å². The van der Waals surface area contributed by atoms with Crippen molar-refractivity contribution in [3.8, 4) is 0 Å². The monoisotopic (exact) mass is 205 g/mol. The third kappa shape index (κ3) is 1.23. The molecule has 0 bridgehead atoms. The van der Waals surface area contributed by atoms with Crippen molar-refractivity contribution >= 4 is 17.7 Å². The summed E-state index contributed by atoms with van der Waals surface area (Å²) in [6.45, 7) is 3.52. The number of pyridine rings is 1. The molecule has 2 aromatic heterocycles. The van der Waals surface area contributed by atoms with Crippen molar-refractivity contribution in [2.75, 3.05) is 0 Å². The van der Waals surface area contributed by atoms with Gasteiger partial charge in [-0.2, -0.15) is 0 Å². The van der Waals surface area contributed by atoms with Gasteiger partial charge in [0.05, 0.1) is 5.69 Å². The molecule has 2 rings (SSSR count). The fourth-order valence-corrected chi connectivity index (χ4v) is 1.37. The van der Waals surface area contributed by atoms with Crippen LogP contribution in [0.3, 0.4) is 0 Å². The van der Waals surface area contributed by atoms with Crippen LogP contribution in [-0.4, -0.2) is 25.7 Å². The number of aromatic amines is 1. The number of carboxylic acids is 1. The molecule has 2 aromatic rings. The summed E-state index contributed by atoms with van der Waals surface area (Å²) >= 11 is 0. The van der Waals surface area contributed by atoms with Gasteiger partial charge in [0.2, 0.25) is 0 Å². The Balaban J connectivity index is 3.00. The standard InChI is InChI=1S/C9H7N3O3/c1-2-5-3-6(13)7(9(14)15)8-10-4-11-12(5)8/h2-4H,1H2,(H,10,11)(H,14,15). The summed E-state index contributed by atoms with van der Waals surface area (Å²) in [7, 11) is 0. The van der Waals surface area contributed by atoms with E-state index in [1.54, 1.807) is 0 Å². The molecule has 0 fully saturated rings. The molecule has 0 spiro atoms. The van der Waals surface area contributed by atoms with Gasteiger partial charge in [0.1, 0.15) is 6.33 Å². The van der Waals surface area contributed by atoms with E-state index in [1.807, 2.05) is 0 Å². The lowest BCUT2D eigenvalue weighted by atomic mass is 10.2. The summed E-state index contributed by atoms with van der Waals surface area (Å²) in [5.41, 5.74) is -0.367. The number of H-pyrrole nitrogens is 1. The van der Waals surface area contributed by atoms with E-state index in [0.29, 0.717) is 5.69 Å². The molecule has 2 heterocycles. The van der Waals surface area contributed by atoms with Crippen LogP contribution >= 0.6 is 0 Å². The van der Waals surface area contributed by atoms with Crippen LogP contribution in [0.5, 0.6) is 0 Å². The van der Waals surface area contributed by atoms with Crippen LogP contribution in [0.4, 0.5) is 0 Å². The van der Waals surface area contributed by atoms with Crippen LogP contribution in [0, 0.1) is 0 Å².